The highest BCUT2D eigenvalue weighted by molar-refractivity contribution is 5.93. The van der Waals surface area contributed by atoms with E-state index in [1.54, 1.807) is 23.9 Å². The molecule has 5 nitrogen and oxygen atoms in total. The maximum absolute atomic E-state index is 12.7. The zero-order valence-electron chi connectivity index (χ0n) is 16.6. The maximum atomic E-state index is 12.7. The summed E-state index contributed by atoms with van der Waals surface area (Å²) in [4.78, 5) is 28.5. The lowest BCUT2D eigenvalue weighted by Gasteiger charge is -2.28. The molecule has 0 bridgehead atoms. The number of carbonyl (C=O) groups is 2. The predicted molar refractivity (Wildman–Crippen MR) is 109 cm³/mol. The summed E-state index contributed by atoms with van der Waals surface area (Å²) in [7, 11) is 3.58. The summed E-state index contributed by atoms with van der Waals surface area (Å²) in [5.41, 5.74) is 3.01. The van der Waals surface area contributed by atoms with Gasteiger partial charge in [-0.15, -0.1) is 0 Å². The molecule has 0 saturated carbocycles. The summed E-state index contributed by atoms with van der Waals surface area (Å²) < 4.78 is 0. The highest BCUT2D eigenvalue weighted by atomic mass is 16.2. The second-order valence-electron chi connectivity index (χ2n) is 6.83. The number of amides is 2. The van der Waals surface area contributed by atoms with E-state index in [0.29, 0.717) is 6.54 Å². The molecule has 0 fully saturated rings. The Kier molecular flexibility index (Phi) is 7.55. The average molecular weight is 367 g/mol. The zero-order valence-corrected chi connectivity index (χ0v) is 16.6. The van der Waals surface area contributed by atoms with Crippen LogP contribution in [0, 0.1) is 0 Å². The fourth-order valence-corrected chi connectivity index (χ4v) is 2.95. The van der Waals surface area contributed by atoms with Gasteiger partial charge in [-0.1, -0.05) is 55.5 Å². The molecule has 0 heterocycles. The molecule has 27 heavy (non-hydrogen) atoms. The molecular weight excluding hydrogens is 338 g/mol. The standard InChI is InChI=1S/C22H29N3O2/c1-5-19-13-9-10-14-20(19)23-21(26)16-24(3)17(2)22(27)25(4)15-18-11-7-6-8-12-18/h6-14,17H,5,15-16H2,1-4H3,(H,23,26). The predicted octanol–water partition coefficient (Wildman–Crippen LogP) is 3.17. The first kappa shape index (κ1) is 20.6. The number of aryl methyl sites for hydroxylation is 1. The quantitative estimate of drug-likeness (QED) is 0.780. The van der Waals surface area contributed by atoms with E-state index in [4.69, 9.17) is 0 Å². The third kappa shape index (κ3) is 5.93. The Balaban J connectivity index is 1.90. The molecule has 0 radical (unpaired) electrons. The summed E-state index contributed by atoms with van der Waals surface area (Å²) in [6.45, 7) is 4.59. The van der Waals surface area contributed by atoms with Gasteiger partial charge >= 0.3 is 0 Å². The lowest BCUT2D eigenvalue weighted by Crippen LogP contribution is -2.46. The zero-order chi connectivity index (χ0) is 19.8. The van der Waals surface area contributed by atoms with Gasteiger partial charge in [0.05, 0.1) is 12.6 Å². The van der Waals surface area contributed by atoms with Crippen molar-refractivity contribution >= 4 is 17.5 Å². The van der Waals surface area contributed by atoms with E-state index in [-0.39, 0.29) is 24.4 Å². The summed E-state index contributed by atoms with van der Waals surface area (Å²) in [6.07, 6.45) is 0.853. The van der Waals surface area contributed by atoms with Crippen molar-refractivity contribution in [3.05, 3.63) is 65.7 Å². The Morgan fingerprint density at radius 3 is 2.30 bits per heavy atom. The maximum Gasteiger partial charge on any atom is 0.239 e. The van der Waals surface area contributed by atoms with Crippen molar-refractivity contribution in [3.63, 3.8) is 0 Å². The first-order valence-electron chi connectivity index (χ1n) is 9.29. The topological polar surface area (TPSA) is 52.7 Å². The van der Waals surface area contributed by atoms with Crippen molar-refractivity contribution in [3.8, 4) is 0 Å². The van der Waals surface area contributed by atoms with E-state index < -0.39 is 0 Å². The van der Waals surface area contributed by atoms with Crippen LogP contribution in [0.5, 0.6) is 0 Å². The molecule has 1 N–H and O–H groups in total. The molecule has 144 valence electrons. The van der Waals surface area contributed by atoms with Gasteiger partial charge in [0.25, 0.3) is 0 Å². The Morgan fingerprint density at radius 1 is 1.00 bits per heavy atom. The Hall–Kier alpha value is -2.66. The monoisotopic (exact) mass is 367 g/mol. The van der Waals surface area contributed by atoms with Crippen LogP contribution in [0.1, 0.15) is 25.0 Å². The van der Waals surface area contributed by atoms with Crippen LogP contribution in [0.15, 0.2) is 54.6 Å². The molecule has 0 aliphatic rings. The van der Waals surface area contributed by atoms with Gasteiger partial charge in [-0.3, -0.25) is 14.5 Å². The van der Waals surface area contributed by atoms with Crippen molar-refractivity contribution in [1.82, 2.24) is 9.80 Å². The highest BCUT2D eigenvalue weighted by Gasteiger charge is 2.23. The molecule has 0 saturated heterocycles. The van der Waals surface area contributed by atoms with Crippen molar-refractivity contribution in [2.45, 2.75) is 32.9 Å². The number of anilines is 1. The van der Waals surface area contributed by atoms with Crippen molar-refractivity contribution in [1.29, 1.82) is 0 Å². The second-order valence-corrected chi connectivity index (χ2v) is 6.83. The van der Waals surface area contributed by atoms with Crippen LogP contribution >= 0.6 is 0 Å². The average Bonchev–Trinajstić information content (AvgIpc) is 2.67. The molecule has 0 aliphatic heterocycles. The molecule has 5 heteroatoms. The minimum atomic E-state index is -0.383. The SMILES string of the molecule is CCc1ccccc1NC(=O)CN(C)C(C)C(=O)N(C)Cc1ccccc1. The van der Waals surface area contributed by atoms with Crippen LogP contribution in [-0.4, -0.2) is 48.3 Å². The van der Waals surface area contributed by atoms with Crippen molar-refractivity contribution in [2.75, 3.05) is 26.0 Å². The third-order valence-corrected chi connectivity index (χ3v) is 4.72. The molecule has 2 aromatic carbocycles. The number of hydrogen-bond acceptors (Lipinski definition) is 3. The number of nitrogens with zero attached hydrogens (tertiary/aromatic N) is 2. The number of carbonyl (C=O) groups excluding carboxylic acids is 2. The molecule has 0 aromatic heterocycles. The van der Waals surface area contributed by atoms with Gasteiger partial charge < -0.3 is 10.2 Å². The molecule has 0 aliphatic carbocycles. The van der Waals surface area contributed by atoms with Crippen LogP contribution in [0.3, 0.4) is 0 Å². The molecule has 2 amide bonds. The van der Waals surface area contributed by atoms with Gasteiger partial charge in [-0.25, -0.2) is 0 Å². The van der Waals surface area contributed by atoms with Crippen molar-refractivity contribution in [2.24, 2.45) is 0 Å². The van der Waals surface area contributed by atoms with E-state index in [9.17, 15) is 9.59 Å². The number of nitrogens with one attached hydrogen (secondary N) is 1. The van der Waals surface area contributed by atoms with Gasteiger partial charge in [0, 0.05) is 19.3 Å². The van der Waals surface area contributed by atoms with E-state index >= 15 is 0 Å². The van der Waals surface area contributed by atoms with Crippen LogP contribution in [-0.2, 0) is 22.6 Å². The van der Waals surface area contributed by atoms with Gasteiger partial charge in [-0.05, 0) is 37.6 Å². The second kappa shape index (κ2) is 9.88. The third-order valence-electron chi connectivity index (χ3n) is 4.72. The lowest BCUT2D eigenvalue weighted by molar-refractivity contribution is -0.135. The van der Waals surface area contributed by atoms with Gasteiger partial charge in [0.15, 0.2) is 0 Å². The molecule has 1 atom stereocenters. The first-order valence-corrected chi connectivity index (χ1v) is 9.29. The van der Waals surface area contributed by atoms with Gasteiger partial charge in [0.1, 0.15) is 0 Å². The van der Waals surface area contributed by atoms with E-state index in [1.807, 2.05) is 61.5 Å². The van der Waals surface area contributed by atoms with E-state index in [2.05, 4.69) is 12.2 Å². The minimum absolute atomic E-state index is 0.0110. The Labute approximate surface area is 162 Å². The molecule has 1 unspecified atom stereocenters. The fraction of sp³-hybridized carbons (Fsp3) is 0.364. The highest BCUT2D eigenvalue weighted by Crippen LogP contribution is 2.15. The molecule has 2 rings (SSSR count). The fourth-order valence-electron chi connectivity index (χ4n) is 2.95. The van der Waals surface area contributed by atoms with Gasteiger partial charge in [0.2, 0.25) is 11.8 Å². The summed E-state index contributed by atoms with van der Waals surface area (Å²) >= 11 is 0. The van der Waals surface area contributed by atoms with Crippen LogP contribution in [0.4, 0.5) is 5.69 Å². The van der Waals surface area contributed by atoms with Crippen LogP contribution in [0.25, 0.3) is 0 Å². The summed E-state index contributed by atoms with van der Waals surface area (Å²) in [5.74, 6) is -0.133. The molecular formula is C22H29N3O2. The number of benzene rings is 2. The number of rotatable bonds is 8. The van der Waals surface area contributed by atoms with Gasteiger partial charge in [-0.2, -0.15) is 0 Å². The van der Waals surface area contributed by atoms with E-state index in [0.717, 1.165) is 23.2 Å². The van der Waals surface area contributed by atoms with Crippen molar-refractivity contribution < 1.29 is 9.59 Å². The van der Waals surface area contributed by atoms with E-state index in [1.165, 1.54) is 0 Å². The van der Waals surface area contributed by atoms with Crippen LogP contribution in [0.2, 0.25) is 0 Å². The smallest absolute Gasteiger partial charge is 0.239 e. The summed E-state index contributed by atoms with van der Waals surface area (Å²) in [6, 6.07) is 17.3. The van der Waals surface area contributed by atoms with Crippen LogP contribution < -0.4 is 5.32 Å². The minimum Gasteiger partial charge on any atom is -0.340 e. The molecule has 0 spiro atoms. The normalized spacial score (nSPS) is 11.9. The Morgan fingerprint density at radius 2 is 1.63 bits per heavy atom. The summed E-state index contributed by atoms with van der Waals surface area (Å²) in [5, 5.41) is 2.95. The largest absolute Gasteiger partial charge is 0.340 e. The number of likely N-dealkylation sites (N-methyl/N-ethyl adjacent to an activating group) is 2. The lowest BCUT2D eigenvalue weighted by atomic mass is 10.1. The Bertz CT molecular complexity index is 761. The first-order chi connectivity index (χ1) is 12.9. The number of para-hydroxylation sites is 1. The molecule has 2 aromatic rings. The number of hydrogen-bond donors (Lipinski definition) is 1.